The first-order chi connectivity index (χ1) is 8.20. The molecule has 2 rings (SSSR count). The number of carbonyl (C=O) groups excluding carboxylic acids is 1. The molecule has 88 valence electrons. The number of pyridine rings is 1. The maximum absolute atomic E-state index is 11.5. The Morgan fingerprint density at radius 2 is 2.53 bits per heavy atom. The summed E-state index contributed by atoms with van der Waals surface area (Å²) in [5.41, 5.74) is 1.43. The van der Waals surface area contributed by atoms with E-state index in [0.29, 0.717) is 18.8 Å². The predicted molar refractivity (Wildman–Crippen MR) is 61.8 cm³/mol. The minimum absolute atomic E-state index is 0.0609. The van der Waals surface area contributed by atoms with Crippen LogP contribution in [0.5, 0.6) is 0 Å². The van der Waals surface area contributed by atoms with Crippen LogP contribution >= 0.6 is 0 Å². The number of piperazine rings is 1. The Kier molecular flexibility index (Phi) is 3.35. The molecule has 1 amide bonds. The molecule has 1 saturated heterocycles. The quantitative estimate of drug-likeness (QED) is 0.792. The standard InChI is InChI=1S/C12H14N4O/c1-9-12(17)15-4-5-16(9)8-10-2-3-14-11(6-10)7-13/h2-3,6,9H,4-5,8H2,1H3,(H,15,17). The maximum Gasteiger partial charge on any atom is 0.237 e. The molecular weight excluding hydrogens is 216 g/mol. The lowest BCUT2D eigenvalue weighted by Crippen LogP contribution is -2.53. The molecule has 1 fully saturated rings. The van der Waals surface area contributed by atoms with Crippen LogP contribution in [0.3, 0.4) is 0 Å². The van der Waals surface area contributed by atoms with E-state index in [1.165, 1.54) is 0 Å². The van der Waals surface area contributed by atoms with Gasteiger partial charge in [-0.2, -0.15) is 5.26 Å². The van der Waals surface area contributed by atoms with Crippen molar-refractivity contribution in [2.75, 3.05) is 13.1 Å². The van der Waals surface area contributed by atoms with Crippen LogP contribution in [0.25, 0.3) is 0 Å². The molecule has 1 aromatic heterocycles. The summed E-state index contributed by atoms with van der Waals surface area (Å²) in [5.74, 6) is 0.0609. The second-order valence-electron chi connectivity index (χ2n) is 4.10. The molecule has 2 heterocycles. The van der Waals surface area contributed by atoms with Crippen molar-refractivity contribution < 1.29 is 4.79 Å². The number of aromatic nitrogens is 1. The first kappa shape index (κ1) is 11.6. The van der Waals surface area contributed by atoms with Gasteiger partial charge in [-0.25, -0.2) is 4.98 Å². The Labute approximate surface area is 100 Å². The van der Waals surface area contributed by atoms with Crippen LogP contribution < -0.4 is 5.32 Å². The summed E-state index contributed by atoms with van der Waals surface area (Å²) in [6, 6.07) is 5.53. The second kappa shape index (κ2) is 4.93. The number of hydrogen-bond acceptors (Lipinski definition) is 4. The van der Waals surface area contributed by atoms with Crippen LogP contribution in [0.2, 0.25) is 0 Å². The molecule has 0 saturated carbocycles. The fourth-order valence-electron chi connectivity index (χ4n) is 1.91. The highest BCUT2D eigenvalue weighted by Crippen LogP contribution is 2.11. The zero-order valence-corrected chi connectivity index (χ0v) is 9.68. The number of nitrogens with zero attached hydrogens (tertiary/aromatic N) is 3. The molecule has 0 radical (unpaired) electrons. The van der Waals surface area contributed by atoms with E-state index in [4.69, 9.17) is 5.26 Å². The van der Waals surface area contributed by atoms with Crippen molar-refractivity contribution in [2.45, 2.75) is 19.5 Å². The molecule has 1 N–H and O–H groups in total. The predicted octanol–water partition coefficient (Wildman–Crippen LogP) is 0.274. The first-order valence-corrected chi connectivity index (χ1v) is 5.57. The average Bonchev–Trinajstić information content (AvgIpc) is 2.35. The van der Waals surface area contributed by atoms with Gasteiger partial charge in [-0.05, 0) is 24.6 Å². The van der Waals surface area contributed by atoms with E-state index in [-0.39, 0.29) is 11.9 Å². The third-order valence-electron chi connectivity index (χ3n) is 2.95. The van der Waals surface area contributed by atoms with E-state index in [9.17, 15) is 4.79 Å². The molecule has 1 atom stereocenters. The van der Waals surface area contributed by atoms with Crippen LogP contribution in [0, 0.1) is 11.3 Å². The van der Waals surface area contributed by atoms with Gasteiger partial charge in [-0.3, -0.25) is 9.69 Å². The lowest BCUT2D eigenvalue weighted by molar-refractivity contribution is -0.128. The highest BCUT2D eigenvalue weighted by Gasteiger charge is 2.25. The largest absolute Gasteiger partial charge is 0.353 e. The molecule has 0 spiro atoms. The van der Waals surface area contributed by atoms with Crippen LogP contribution in [0.1, 0.15) is 18.2 Å². The van der Waals surface area contributed by atoms with Crippen LogP contribution in [0.4, 0.5) is 0 Å². The third kappa shape index (κ3) is 2.60. The summed E-state index contributed by atoms with van der Waals surface area (Å²) in [5, 5.41) is 11.6. The van der Waals surface area contributed by atoms with Gasteiger partial charge in [0.15, 0.2) is 0 Å². The van der Waals surface area contributed by atoms with Gasteiger partial charge in [0.1, 0.15) is 11.8 Å². The summed E-state index contributed by atoms with van der Waals surface area (Å²) < 4.78 is 0. The van der Waals surface area contributed by atoms with Crippen molar-refractivity contribution in [3.05, 3.63) is 29.6 Å². The molecule has 1 aromatic rings. The van der Waals surface area contributed by atoms with E-state index in [1.807, 2.05) is 19.1 Å². The Morgan fingerprint density at radius 3 is 3.29 bits per heavy atom. The molecule has 0 aromatic carbocycles. The van der Waals surface area contributed by atoms with Crippen LogP contribution in [-0.4, -0.2) is 34.9 Å². The number of amides is 1. The van der Waals surface area contributed by atoms with E-state index < -0.39 is 0 Å². The minimum Gasteiger partial charge on any atom is -0.353 e. The number of carbonyl (C=O) groups is 1. The smallest absolute Gasteiger partial charge is 0.237 e. The van der Waals surface area contributed by atoms with Gasteiger partial charge < -0.3 is 5.32 Å². The number of nitriles is 1. The molecule has 0 bridgehead atoms. The van der Waals surface area contributed by atoms with Gasteiger partial charge in [0, 0.05) is 25.8 Å². The highest BCUT2D eigenvalue weighted by molar-refractivity contribution is 5.81. The number of nitrogens with one attached hydrogen (secondary N) is 1. The van der Waals surface area contributed by atoms with Crippen molar-refractivity contribution in [2.24, 2.45) is 0 Å². The lowest BCUT2D eigenvalue weighted by atomic mass is 10.1. The van der Waals surface area contributed by atoms with Gasteiger partial charge in [-0.15, -0.1) is 0 Å². The Hall–Kier alpha value is -1.93. The fraction of sp³-hybridized carbons (Fsp3) is 0.417. The van der Waals surface area contributed by atoms with Gasteiger partial charge >= 0.3 is 0 Å². The molecule has 1 unspecified atom stereocenters. The van der Waals surface area contributed by atoms with E-state index in [2.05, 4.69) is 15.2 Å². The van der Waals surface area contributed by atoms with Gasteiger partial charge in [0.2, 0.25) is 5.91 Å². The SMILES string of the molecule is CC1C(=O)NCCN1Cc1ccnc(C#N)c1. The zero-order valence-electron chi connectivity index (χ0n) is 9.68. The normalized spacial score (nSPS) is 20.7. The third-order valence-corrected chi connectivity index (χ3v) is 2.95. The van der Waals surface area contributed by atoms with Crippen molar-refractivity contribution in [3.63, 3.8) is 0 Å². The van der Waals surface area contributed by atoms with E-state index >= 15 is 0 Å². The molecular formula is C12H14N4O. The van der Waals surface area contributed by atoms with Crippen LogP contribution in [0.15, 0.2) is 18.3 Å². The fourth-order valence-corrected chi connectivity index (χ4v) is 1.91. The highest BCUT2D eigenvalue weighted by atomic mass is 16.2. The topological polar surface area (TPSA) is 69.0 Å². The molecule has 5 heteroatoms. The molecule has 17 heavy (non-hydrogen) atoms. The number of hydrogen-bond donors (Lipinski definition) is 1. The summed E-state index contributed by atoms with van der Waals surface area (Å²) in [6.45, 7) is 4.07. The van der Waals surface area contributed by atoms with Crippen molar-refractivity contribution >= 4 is 5.91 Å². The van der Waals surface area contributed by atoms with Gasteiger partial charge in [0.05, 0.1) is 6.04 Å². The Bertz CT molecular complexity index is 466. The van der Waals surface area contributed by atoms with Gasteiger partial charge in [0.25, 0.3) is 0 Å². The van der Waals surface area contributed by atoms with Gasteiger partial charge in [-0.1, -0.05) is 0 Å². The first-order valence-electron chi connectivity index (χ1n) is 5.57. The Morgan fingerprint density at radius 1 is 1.71 bits per heavy atom. The van der Waals surface area contributed by atoms with E-state index in [1.54, 1.807) is 12.3 Å². The second-order valence-corrected chi connectivity index (χ2v) is 4.10. The number of rotatable bonds is 2. The molecule has 1 aliphatic heterocycles. The van der Waals surface area contributed by atoms with Crippen molar-refractivity contribution in [1.29, 1.82) is 5.26 Å². The summed E-state index contributed by atoms with van der Waals surface area (Å²) in [4.78, 5) is 17.5. The summed E-state index contributed by atoms with van der Waals surface area (Å²) in [6.07, 6.45) is 1.63. The zero-order chi connectivity index (χ0) is 12.3. The molecule has 5 nitrogen and oxygen atoms in total. The lowest BCUT2D eigenvalue weighted by Gasteiger charge is -2.32. The molecule has 1 aliphatic rings. The summed E-state index contributed by atoms with van der Waals surface area (Å²) in [7, 11) is 0. The van der Waals surface area contributed by atoms with Crippen molar-refractivity contribution in [3.8, 4) is 6.07 Å². The minimum atomic E-state index is -0.123. The maximum atomic E-state index is 11.5. The molecule has 0 aliphatic carbocycles. The van der Waals surface area contributed by atoms with Crippen LogP contribution in [-0.2, 0) is 11.3 Å². The van der Waals surface area contributed by atoms with Crippen molar-refractivity contribution in [1.82, 2.24) is 15.2 Å². The average molecular weight is 230 g/mol. The summed E-state index contributed by atoms with van der Waals surface area (Å²) >= 11 is 0. The van der Waals surface area contributed by atoms with E-state index in [0.717, 1.165) is 12.1 Å². The Balaban J connectivity index is 2.09. The monoisotopic (exact) mass is 230 g/mol.